The van der Waals surface area contributed by atoms with Crippen LogP contribution in [0.4, 0.5) is 18.9 Å². The molecular weight excluding hydrogens is 365 g/mol. The fourth-order valence-corrected chi connectivity index (χ4v) is 5.40. The highest BCUT2D eigenvalue weighted by atomic mass is 19.4. The van der Waals surface area contributed by atoms with Gasteiger partial charge in [-0.1, -0.05) is 0 Å². The van der Waals surface area contributed by atoms with Gasteiger partial charge in [0.25, 0.3) is 0 Å². The highest BCUT2D eigenvalue weighted by Gasteiger charge is 2.80. The molecule has 142 valence electrons. The molecule has 0 radical (unpaired) electrons. The van der Waals surface area contributed by atoms with Crippen molar-refractivity contribution in [1.29, 1.82) is 5.26 Å². The number of anilines is 1. The number of alkyl halides is 3. The van der Waals surface area contributed by atoms with Crippen LogP contribution in [0.1, 0.15) is 24.5 Å². The van der Waals surface area contributed by atoms with Crippen molar-refractivity contribution in [2.45, 2.75) is 43.1 Å². The number of hydrogen-bond acceptors (Lipinski definition) is 5. The van der Waals surface area contributed by atoms with E-state index < -0.39 is 52.7 Å². The molecule has 0 aliphatic carbocycles. The summed E-state index contributed by atoms with van der Waals surface area (Å²) >= 11 is 0. The summed E-state index contributed by atoms with van der Waals surface area (Å²) in [6.07, 6.45) is -6.02. The van der Waals surface area contributed by atoms with Crippen molar-refractivity contribution in [2.75, 3.05) is 11.5 Å². The third-order valence-electron chi connectivity index (χ3n) is 6.42. The average Bonchev–Trinajstić information content (AvgIpc) is 3.24. The molecule has 4 fully saturated rings. The summed E-state index contributed by atoms with van der Waals surface area (Å²) in [7, 11) is 0. The SMILES string of the molecule is CC12C[C@@H](O)[C@@]3(CO[C@@H]4[C@H]3[C@H]1C(=O)N4c1ccc(C#N)c(C(F)(F)F)c1)O2. The van der Waals surface area contributed by atoms with Gasteiger partial charge in [0.2, 0.25) is 5.91 Å². The van der Waals surface area contributed by atoms with Gasteiger partial charge in [0.1, 0.15) is 11.8 Å². The van der Waals surface area contributed by atoms with E-state index in [1.54, 1.807) is 6.92 Å². The standard InChI is InChI=1S/C18H15F3N2O4/c1-16-5-11(24)17(27-16)7-26-15-13(17)12(16)14(25)23(15)9-3-2-8(6-22)10(4-9)18(19,20)21/h2-4,11-13,15,24H,5,7H2,1H3/t11-,12+,13-,15-,16?,17-/m1/s1. The van der Waals surface area contributed by atoms with Crippen LogP contribution < -0.4 is 4.90 Å². The zero-order chi connectivity index (χ0) is 19.4. The molecule has 6 nitrogen and oxygen atoms in total. The number of halogens is 3. The van der Waals surface area contributed by atoms with Gasteiger partial charge in [-0.15, -0.1) is 0 Å². The monoisotopic (exact) mass is 380 g/mol. The highest BCUT2D eigenvalue weighted by molar-refractivity contribution is 6.00. The summed E-state index contributed by atoms with van der Waals surface area (Å²) in [5.41, 5.74) is -3.43. The van der Waals surface area contributed by atoms with E-state index in [9.17, 15) is 23.1 Å². The fraction of sp³-hybridized carbons (Fsp3) is 0.556. The number of carbonyl (C=O) groups excluding carboxylic acids is 1. The molecule has 1 aromatic rings. The van der Waals surface area contributed by atoms with Crippen LogP contribution in [0.15, 0.2) is 18.2 Å². The third-order valence-corrected chi connectivity index (χ3v) is 6.42. The lowest BCUT2D eigenvalue weighted by molar-refractivity contribution is -0.138. The summed E-state index contributed by atoms with van der Waals surface area (Å²) in [5.74, 6) is -1.40. The number of ether oxygens (including phenoxy) is 2. The molecule has 1 amide bonds. The third kappa shape index (κ3) is 1.88. The Balaban J connectivity index is 1.61. The van der Waals surface area contributed by atoms with E-state index in [1.165, 1.54) is 17.0 Å². The Morgan fingerprint density at radius 3 is 2.81 bits per heavy atom. The first-order chi connectivity index (χ1) is 12.6. The van der Waals surface area contributed by atoms with Gasteiger partial charge in [-0.2, -0.15) is 18.4 Å². The second-order valence-corrected chi connectivity index (χ2v) is 7.84. The van der Waals surface area contributed by atoms with Crippen molar-refractivity contribution in [1.82, 2.24) is 0 Å². The molecular formula is C18H15F3N2O4. The van der Waals surface area contributed by atoms with E-state index in [-0.39, 0.29) is 24.6 Å². The number of benzene rings is 1. The second kappa shape index (κ2) is 4.82. The predicted molar refractivity (Wildman–Crippen MR) is 83.2 cm³/mol. The van der Waals surface area contributed by atoms with Gasteiger partial charge in [-0.25, -0.2) is 0 Å². The lowest BCUT2D eigenvalue weighted by Gasteiger charge is -2.31. The molecule has 2 bridgehead atoms. The Hall–Kier alpha value is -2.15. The minimum Gasteiger partial charge on any atom is -0.390 e. The van der Waals surface area contributed by atoms with E-state index in [1.807, 2.05) is 0 Å². The Morgan fingerprint density at radius 2 is 2.15 bits per heavy atom. The Labute approximate surface area is 152 Å². The van der Waals surface area contributed by atoms with Gasteiger partial charge in [-0.05, 0) is 25.1 Å². The maximum absolute atomic E-state index is 13.3. The average molecular weight is 380 g/mol. The molecule has 1 N–H and O–H groups in total. The summed E-state index contributed by atoms with van der Waals surface area (Å²) in [6, 6.07) is 4.73. The van der Waals surface area contributed by atoms with Crippen molar-refractivity contribution in [3.8, 4) is 6.07 Å². The Bertz CT molecular complexity index is 913. The van der Waals surface area contributed by atoms with E-state index in [4.69, 9.17) is 14.7 Å². The summed E-state index contributed by atoms with van der Waals surface area (Å²) in [5, 5.41) is 19.4. The molecule has 0 aromatic heterocycles. The zero-order valence-corrected chi connectivity index (χ0v) is 14.2. The fourth-order valence-electron chi connectivity index (χ4n) is 5.40. The highest BCUT2D eigenvalue weighted by Crippen LogP contribution is 2.65. The summed E-state index contributed by atoms with van der Waals surface area (Å²) < 4.78 is 51.8. The van der Waals surface area contributed by atoms with Crippen LogP contribution in [0.3, 0.4) is 0 Å². The zero-order valence-electron chi connectivity index (χ0n) is 14.2. The van der Waals surface area contributed by atoms with Crippen LogP contribution in [0.5, 0.6) is 0 Å². The molecule has 1 aromatic carbocycles. The second-order valence-electron chi connectivity index (χ2n) is 7.84. The molecule has 5 rings (SSSR count). The van der Waals surface area contributed by atoms with Gasteiger partial charge in [0.15, 0.2) is 0 Å². The molecule has 9 heteroatoms. The maximum atomic E-state index is 13.3. The molecule has 6 atom stereocenters. The van der Waals surface area contributed by atoms with E-state index in [2.05, 4.69) is 0 Å². The van der Waals surface area contributed by atoms with E-state index >= 15 is 0 Å². The normalized spacial score (nSPS) is 41.9. The van der Waals surface area contributed by atoms with Crippen LogP contribution in [-0.2, 0) is 20.4 Å². The van der Waals surface area contributed by atoms with Crippen LogP contribution >= 0.6 is 0 Å². The van der Waals surface area contributed by atoms with E-state index in [0.717, 1.165) is 12.1 Å². The molecule has 4 saturated heterocycles. The number of nitriles is 1. The number of aliphatic hydroxyl groups is 1. The predicted octanol–water partition coefficient (Wildman–Crippen LogP) is 1.80. The minimum atomic E-state index is -4.72. The maximum Gasteiger partial charge on any atom is 0.417 e. The summed E-state index contributed by atoms with van der Waals surface area (Å²) in [4.78, 5) is 14.4. The van der Waals surface area contributed by atoms with Gasteiger partial charge in [0.05, 0.1) is 47.3 Å². The number of hydrogen-bond donors (Lipinski definition) is 1. The Morgan fingerprint density at radius 1 is 1.41 bits per heavy atom. The number of amides is 1. The molecule has 4 aliphatic rings. The number of aliphatic hydroxyl groups excluding tert-OH is 1. The smallest absolute Gasteiger partial charge is 0.390 e. The molecule has 27 heavy (non-hydrogen) atoms. The number of carbonyl (C=O) groups is 1. The van der Waals surface area contributed by atoms with Crippen molar-refractivity contribution in [3.05, 3.63) is 29.3 Å². The molecule has 1 spiro atoms. The molecule has 4 heterocycles. The first kappa shape index (κ1) is 17.0. The topological polar surface area (TPSA) is 82.8 Å². The number of nitrogens with zero attached hydrogens (tertiary/aromatic N) is 2. The van der Waals surface area contributed by atoms with Crippen molar-refractivity contribution < 1.29 is 32.5 Å². The van der Waals surface area contributed by atoms with Crippen molar-refractivity contribution >= 4 is 11.6 Å². The van der Waals surface area contributed by atoms with Crippen LogP contribution in [-0.4, -0.2) is 41.2 Å². The van der Waals surface area contributed by atoms with Gasteiger partial charge in [0, 0.05) is 12.1 Å². The molecule has 4 aliphatic heterocycles. The van der Waals surface area contributed by atoms with Crippen molar-refractivity contribution in [3.63, 3.8) is 0 Å². The first-order valence-electron chi connectivity index (χ1n) is 8.57. The largest absolute Gasteiger partial charge is 0.417 e. The molecule has 0 saturated carbocycles. The number of fused-ring (bicyclic) bond motifs is 2. The van der Waals surface area contributed by atoms with Gasteiger partial charge >= 0.3 is 6.18 Å². The van der Waals surface area contributed by atoms with Crippen molar-refractivity contribution in [2.24, 2.45) is 11.8 Å². The Kier molecular flexibility index (Phi) is 3.03. The quantitative estimate of drug-likeness (QED) is 0.804. The number of rotatable bonds is 1. The van der Waals surface area contributed by atoms with E-state index in [0.29, 0.717) is 0 Å². The lowest BCUT2D eigenvalue weighted by atomic mass is 9.68. The first-order valence-corrected chi connectivity index (χ1v) is 8.57. The lowest BCUT2D eigenvalue weighted by Crippen LogP contribution is -2.49. The minimum absolute atomic E-state index is 0.0280. The molecule has 1 unspecified atom stereocenters. The van der Waals surface area contributed by atoms with Crippen LogP contribution in [0, 0.1) is 23.2 Å². The van der Waals surface area contributed by atoms with Gasteiger partial charge < -0.3 is 14.6 Å². The van der Waals surface area contributed by atoms with Crippen LogP contribution in [0.25, 0.3) is 0 Å². The van der Waals surface area contributed by atoms with Crippen LogP contribution in [0.2, 0.25) is 0 Å². The van der Waals surface area contributed by atoms with Gasteiger partial charge in [-0.3, -0.25) is 9.69 Å². The summed E-state index contributed by atoms with van der Waals surface area (Å²) in [6.45, 7) is 1.84.